The van der Waals surface area contributed by atoms with Crippen LogP contribution >= 0.6 is 11.3 Å². The van der Waals surface area contributed by atoms with Crippen molar-refractivity contribution in [1.82, 2.24) is 15.5 Å². The van der Waals surface area contributed by atoms with Crippen LogP contribution < -0.4 is 10.6 Å². The molecule has 0 bridgehead atoms. The number of hydrogen-bond acceptors (Lipinski definition) is 4. The highest BCUT2D eigenvalue weighted by Crippen LogP contribution is 2.12. The van der Waals surface area contributed by atoms with E-state index in [0.29, 0.717) is 13.1 Å². The lowest BCUT2D eigenvalue weighted by Gasteiger charge is -2.25. The molecular formula is C18H25N3O2S. The zero-order chi connectivity index (χ0) is 17.4. The predicted molar refractivity (Wildman–Crippen MR) is 98.7 cm³/mol. The van der Waals surface area contributed by atoms with E-state index in [4.69, 9.17) is 0 Å². The van der Waals surface area contributed by atoms with Crippen molar-refractivity contribution >= 4 is 17.4 Å². The molecule has 0 aliphatic heterocycles. The van der Waals surface area contributed by atoms with E-state index in [1.807, 2.05) is 31.6 Å². The summed E-state index contributed by atoms with van der Waals surface area (Å²) in [6.45, 7) is 1.20. The largest absolute Gasteiger partial charge is 0.508 e. The van der Waals surface area contributed by atoms with Crippen molar-refractivity contribution in [2.75, 3.05) is 27.2 Å². The highest BCUT2D eigenvalue weighted by Gasteiger charge is 2.13. The fraction of sp³-hybridized carbons (Fsp3) is 0.389. The van der Waals surface area contributed by atoms with Gasteiger partial charge in [-0.3, -0.25) is 0 Å². The number of amides is 2. The molecule has 0 radical (unpaired) electrons. The average Bonchev–Trinajstić information content (AvgIpc) is 3.06. The Kier molecular flexibility index (Phi) is 7.08. The lowest BCUT2D eigenvalue weighted by Crippen LogP contribution is -2.45. The first-order valence-electron chi connectivity index (χ1n) is 8.01. The van der Waals surface area contributed by atoms with E-state index < -0.39 is 0 Å². The summed E-state index contributed by atoms with van der Waals surface area (Å²) in [6, 6.07) is 9.32. The van der Waals surface area contributed by atoms with Crippen LogP contribution in [0.1, 0.15) is 11.1 Å². The number of hydrogen-bond donors (Lipinski definition) is 3. The van der Waals surface area contributed by atoms with Gasteiger partial charge in [-0.05, 0) is 67.0 Å². The molecule has 0 saturated heterocycles. The monoisotopic (exact) mass is 347 g/mol. The molecule has 2 amide bonds. The second-order valence-electron chi connectivity index (χ2n) is 6.01. The normalized spacial score (nSPS) is 12.1. The van der Waals surface area contributed by atoms with Crippen molar-refractivity contribution in [2.24, 2.45) is 0 Å². The zero-order valence-electron chi connectivity index (χ0n) is 14.2. The summed E-state index contributed by atoms with van der Waals surface area (Å²) in [5.41, 5.74) is 2.38. The third-order valence-electron chi connectivity index (χ3n) is 3.92. The lowest BCUT2D eigenvalue weighted by atomic mass is 10.1. The van der Waals surface area contributed by atoms with E-state index in [0.717, 1.165) is 18.4 Å². The minimum absolute atomic E-state index is 0.136. The molecule has 1 unspecified atom stereocenters. The third-order valence-corrected chi connectivity index (χ3v) is 4.65. The first-order valence-corrected chi connectivity index (χ1v) is 8.96. The second-order valence-corrected chi connectivity index (χ2v) is 6.79. The van der Waals surface area contributed by atoms with Gasteiger partial charge in [0.05, 0.1) is 0 Å². The van der Waals surface area contributed by atoms with Crippen molar-refractivity contribution in [1.29, 1.82) is 0 Å². The van der Waals surface area contributed by atoms with E-state index in [1.54, 1.807) is 23.5 Å². The Morgan fingerprint density at radius 1 is 1.17 bits per heavy atom. The van der Waals surface area contributed by atoms with Crippen LogP contribution in [0.4, 0.5) is 4.79 Å². The van der Waals surface area contributed by atoms with Crippen LogP contribution in [-0.4, -0.2) is 49.3 Å². The maximum atomic E-state index is 11.9. The summed E-state index contributed by atoms with van der Waals surface area (Å²) >= 11 is 1.67. The molecule has 24 heavy (non-hydrogen) atoms. The van der Waals surface area contributed by atoms with Crippen molar-refractivity contribution < 1.29 is 9.90 Å². The number of nitrogens with zero attached hydrogens (tertiary/aromatic N) is 1. The SMILES string of the molecule is CN(C)C(CNC(=O)NCCc1ccsc1)Cc1ccc(O)cc1. The number of carbonyl (C=O) groups is 1. The fourth-order valence-corrected chi connectivity index (χ4v) is 3.07. The zero-order valence-corrected chi connectivity index (χ0v) is 15.0. The number of carbonyl (C=O) groups excluding carboxylic acids is 1. The predicted octanol–water partition coefficient (Wildman–Crippen LogP) is 2.47. The standard InChI is InChI=1S/C18H25N3O2S/c1-21(2)16(11-14-3-5-17(22)6-4-14)12-20-18(23)19-9-7-15-8-10-24-13-15/h3-6,8,10,13,16,22H,7,9,11-12H2,1-2H3,(H2,19,20,23). The molecule has 6 heteroatoms. The molecule has 0 spiro atoms. The van der Waals surface area contributed by atoms with Gasteiger partial charge in [0, 0.05) is 19.1 Å². The molecule has 2 rings (SSSR count). The van der Waals surface area contributed by atoms with E-state index >= 15 is 0 Å². The van der Waals surface area contributed by atoms with Gasteiger partial charge in [-0.1, -0.05) is 12.1 Å². The van der Waals surface area contributed by atoms with Crippen LogP contribution in [0.15, 0.2) is 41.1 Å². The van der Waals surface area contributed by atoms with E-state index in [-0.39, 0.29) is 17.8 Å². The van der Waals surface area contributed by atoms with E-state index in [2.05, 4.69) is 27.0 Å². The van der Waals surface area contributed by atoms with Gasteiger partial charge in [-0.25, -0.2) is 4.79 Å². The number of nitrogens with one attached hydrogen (secondary N) is 2. The quantitative estimate of drug-likeness (QED) is 0.687. The Bertz CT molecular complexity index is 612. The molecule has 1 aromatic heterocycles. The van der Waals surface area contributed by atoms with Crippen LogP contribution in [0.5, 0.6) is 5.75 Å². The molecule has 130 valence electrons. The fourth-order valence-electron chi connectivity index (χ4n) is 2.37. The molecule has 5 nitrogen and oxygen atoms in total. The van der Waals surface area contributed by atoms with Crippen LogP contribution in [0.25, 0.3) is 0 Å². The van der Waals surface area contributed by atoms with Crippen molar-refractivity contribution in [2.45, 2.75) is 18.9 Å². The van der Waals surface area contributed by atoms with E-state index in [1.165, 1.54) is 5.56 Å². The maximum Gasteiger partial charge on any atom is 0.314 e. The number of phenolic OH excluding ortho intramolecular Hbond substituents is 1. The number of thiophene rings is 1. The van der Waals surface area contributed by atoms with E-state index in [9.17, 15) is 9.90 Å². The Morgan fingerprint density at radius 3 is 2.54 bits per heavy atom. The number of aromatic hydroxyl groups is 1. The summed E-state index contributed by atoms with van der Waals surface area (Å²) in [7, 11) is 4.00. The van der Waals surface area contributed by atoms with Gasteiger partial charge >= 0.3 is 6.03 Å². The van der Waals surface area contributed by atoms with Crippen LogP contribution in [0.3, 0.4) is 0 Å². The van der Waals surface area contributed by atoms with Crippen molar-refractivity contribution in [3.63, 3.8) is 0 Å². The highest BCUT2D eigenvalue weighted by molar-refractivity contribution is 7.07. The van der Waals surface area contributed by atoms with Crippen LogP contribution in [0, 0.1) is 0 Å². The van der Waals surface area contributed by atoms with Gasteiger partial charge in [0.25, 0.3) is 0 Å². The lowest BCUT2D eigenvalue weighted by molar-refractivity contribution is 0.232. The number of likely N-dealkylation sites (N-methyl/N-ethyl adjacent to an activating group) is 1. The summed E-state index contributed by atoms with van der Waals surface area (Å²) in [5, 5.41) is 19.3. The summed E-state index contributed by atoms with van der Waals surface area (Å²) in [6.07, 6.45) is 1.66. The average molecular weight is 347 g/mol. The van der Waals surface area contributed by atoms with Gasteiger partial charge in [0.1, 0.15) is 5.75 Å². The molecule has 3 N–H and O–H groups in total. The second kappa shape index (κ2) is 9.30. The topological polar surface area (TPSA) is 64.6 Å². The molecular weight excluding hydrogens is 322 g/mol. The summed E-state index contributed by atoms with van der Waals surface area (Å²) < 4.78 is 0. The molecule has 1 atom stereocenters. The number of benzene rings is 1. The van der Waals surface area contributed by atoms with Gasteiger partial charge in [-0.15, -0.1) is 0 Å². The van der Waals surface area contributed by atoms with Gasteiger partial charge in [-0.2, -0.15) is 11.3 Å². The Hall–Kier alpha value is -2.05. The Labute approximate surface area is 147 Å². The van der Waals surface area contributed by atoms with Crippen LogP contribution in [0.2, 0.25) is 0 Å². The molecule has 0 aliphatic rings. The van der Waals surface area contributed by atoms with Gasteiger partial charge < -0.3 is 20.6 Å². The number of phenols is 1. The molecule has 1 aromatic carbocycles. The first kappa shape index (κ1) is 18.3. The Balaban J connectivity index is 1.73. The Morgan fingerprint density at radius 2 is 1.92 bits per heavy atom. The molecule has 1 heterocycles. The van der Waals surface area contributed by atoms with Gasteiger partial charge in [0.15, 0.2) is 0 Å². The third kappa shape index (κ3) is 6.22. The van der Waals surface area contributed by atoms with Crippen molar-refractivity contribution in [3.05, 3.63) is 52.2 Å². The highest BCUT2D eigenvalue weighted by atomic mass is 32.1. The maximum absolute atomic E-state index is 11.9. The van der Waals surface area contributed by atoms with Crippen LogP contribution in [-0.2, 0) is 12.8 Å². The van der Waals surface area contributed by atoms with Crippen molar-refractivity contribution in [3.8, 4) is 5.75 Å². The summed E-state index contributed by atoms with van der Waals surface area (Å²) in [4.78, 5) is 14.0. The molecule has 0 aliphatic carbocycles. The minimum Gasteiger partial charge on any atom is -0.508 e. The first-order chi connectivity index (χ1) is 11.5. The smallest absolute Gasteiger partial charge is 0.314 e. The minimum atomic E-state index is -0.136. The molecule has 0 saturated carbocycles. The summed E-state index contributed by atoms with van der Waals surface area (Å²) in [5.74, 6) is 0.267. The number of rotatable bonds is 8. The number of urea groups is 1. The molecule has 2 aromatic rings. The van der Waals surface area contributed by atoms with Gasteiger partial charge in [0.2, 0.25) is 0 Å². The molecule has 0 fully saturated rings.